The number of hydrogen-bond acceptors (Lipinski definition) is 6. The van der Waals surface area contributed by atoms with Gasteiger partial charge in [-0.2, -0.15) is 0 Å². The van der Waals surface area contributed by atoms with Crippen molar-refractivity contribution >= 4 is 17.4 Å². The van der Waals surface area contributed by atoms with Gasteiger partial charge in [-0.3, -0.25) is 0 Å². The Morgan fingerprint density at radius 2 is 1.95 bits per heavy atom. The Bertz CT molecular complexity index is 598. The zero-order valence-electron chi connectivity index (χ0n) is 12.0. The van der Waals surface area contributed by atoms with E-state index < -0.39 is 0 Å². The maximum atomic E-state index is 5.75. The summed E-state index contributed by atoms with van der Waals surface area (Å²) in [5.74, 6) is 1.99. The normalized spacial score (nSPS) is 19.8. The van der Waals surface area contributed by atoms with Crippen LogP contribution in [0.5, 0.6) is 0 Å². The van der Waals surface area contributed by atoms with Gasteiger partial charge in [0.25, 0.3) is 0 Å². The van der Waals surface area contributed by atoms with Crippen molar-refractivity contribution in [1.82, 2.24) is 15.2 Å². The Kier molecular flexibility index (Phi) is 3.63. The van der Waals surface area contributed by atoms with E-state index in [1.807, 2.05) is 0 Å². The summed E-state index contributed by atoms with van der Waals surface area (Å²) in [5, 5.41) is 14.9. The summed E-state index contributed by atoms with van der Waals surface area (Å²) in [6.45, 7) is 0.662. The summed E-state index contributed by atoms with van der Waals surface area (Å²) in [5.41, 5.74) is 1.07. The van der Waals surface area contributed by atoms with E-state index in [9.17, 15) is 0 Å². The third-order valence-electron chi connectivity index (χ3n) is 4.31. The third kappa shape index (κ3) is 3.10. The molecule has 0 aliphatic heterocycles. The van der Waals surface area contributed by atoms with Crippen molar-refractivity contribution in [2.24, 2.45) is 0 Å². The molecule has 0 atom stereocenters. The summed E-state index contributed by atoms with van der Waals surface area (Å²) in [6.07, 6.45) is 8.85. The first-order chi connectivity index (χ1) is 10.4. The van der Waals surface area contributed by atoms with Crippen molar-refractivity contribution in [1.29, 1.82) is 0 Å². The van der Waals surface area contributed by atoms with E-state index in [2.05, 4.69) is 25.9 Å². The fourth-order valence-electron chi connectivity index (χ4n) is 2.91. The fraction of sp³-hybridized carbons (Fsp3) is 0.667. The van der Waals surface area contributed by atoms with E-state index in [-0.39, 0.29) is 0 Å². The molecule has 2 heterocycles. The van der Waals surface area contributed by atoms with Crippen molar-refractivity contribution in [3.05, 3.63) is 22.0 Å². The van der Waals surface area contributed by atoms with Gasteiger partial charge in [0.15, 0.2) is 0 Å². The van der Waals surface area contributed by atoms with Gasteiger partial charge in [0.05, 0.1) is 17.2 Å². The molecule has 2 fully saturated rings. The van der Waals surface area contributed by atoms with Crippen molar-refractivity contribution in [3.8, 4) is 0 Å². The quantitative estimate of drug-likeness (QED) is 0.902. The summed E-state index contributed by atoms with van der Waals surface area (Å²) < 4.78 is 5.75. The molecule has 5 nitrogen and oxygen atoms in total. The maximum Gasteiger partial charge on any atom is 0.315 e. The molecule has 0 bridgehead atoms. The lowest BCUT2D eigenvalue weighted by atomic mass is 9.89. The molecule has 21 heavy (non-hydrogen) atoms. The second-order valence-electron chi connectivity index (χ2n) is 6.09. The van der Waals surface area contributed by atoms with Gasteiger partial charge in [-0.05, 0) is 25.7 Å². The zero-order valence-corrected chi connectivity index (χ0v) is 12.9. The van der Waals surface area contributed by atoms with E-state index in [1.165, 1.54) is 50.0 Å². The highest BCUT2D eigenvalue weighted by atomic mass is 32.1. The monoisotopic (exact) mass is 304 g/mol. The van der Waals surface area contributed by atoms with Crippen LogP contribution in [-0.4, -0.2) is 15.2 Å². The van der Waals surface area contributed by atoms with E-state index in [1.54, 1.807) is 11.3 Å². The standard InChI is InChI=1S/C15H20N4OS/c1-2-4-10(5-3-1)13-18-19-15(20-13)16-8-12-9-21-14(17-12)11-6-7-11/h9-11H,1-8H2,(H,16,19). The topological polar surface area (TPSA) is 63.8 Å². The van der Waals surface area contributed by atoms with Gasteiger partial charge in [0, 0.05) is 17.2 Å². The van der Waals surface area contributed by atoms with Gasteiger partial charge >= 0.3 is 6.01 Å². The minimum Gasteiger partial charge on any atom is -0.408 e. The number of thiazole rings is 1. The second-order valence-corrected chi connectivity index (χ2v) is 6.97. The van der Waals surface area contributed by atoms with Crippen LogP contribution in [0.1, 0.15) is 73.4 Å². The number of anilines is 1. The molecule has 2 aromatic rings. The van der Waals surface area contributed by atoms with E-state index in [0.717, 1.165) is 17.5 Å². The lowest BCUT2D eigenvalue weighted by Crippen LogP contribution is -2.04. The molecular formula is C15H20N4OS. The Balaban J connectivity index is 1.34. The summed E-state index contributed by atoms with van der Waals surface area (Å²) in [7, 11) is 0. The zero-order chi connectivity index (χ0) is 14.1. The molecule has 0 radical (unpaired) electrons. The van der Waals surface area contributed by atoms with Crippen LogP contribution in [0.4, 0.5) is 6.01 Å². The van der Waals surface area contributed by atoms with E-state index in [4.69, 9.17) is 4.42 Å². The van der Waals surface area contributed by atoms with Gasteiger partial charge < -0.3 is 9.73 Å². The highest BCUT2D eigenvalue weighted by Crippen LogP contribution is 2.41. The summed E-state index contributed by atoms with van der Waals surface area (Å²) in [4.78, 5) is 4.65. The molecule has 2 aliphatic carbocycles. The highest BCUT2D eigenvalue weighted by molar-refractivity contribution is 7.09. The van der Waals surface area contributed by atoms with Crippen LogP contribution < -0.4 is 5.32 Å². The van der Waals surface area contributed by atoms with Crippen LogP contribution >= 0.6 is 11.3 Å². The Labute approximate surface area is 128 Å². The first-order valence-corrected chi connectivity index (χ1v) is 8.78. The predicted octanol–water partition coefficient (Wildman–Crippen LogP) is 4.06. The van der Waals surface area contributed by atoms with Crippen molar-refractivity contribution in [2.75, 3.05) is 5.32 Å². The molecule has 0 unspecified atom stereocenters. The van der Waals surface area contributed by atoms with Gasteiger partial charge in [-0.15, -0.1) is 16.4 Å². The van der Waals surface area contributed by atoms with Crippen LogP contribution in [0.2, 0.25) is 0 Å². The fourth-order valence-corrected chi connectivity index (χ4v) is 3.90. The van der Waals surface area contributed by atoms with Gasteiger partial charge in [0.2, 0.25) is 5.89 Å². The lowest BCUT2D eigenvalue weighted by molar-refractivity contribution is 0.367. The molecular weight excluding hydrogens is 284 g/mol. The largest absolute Gasteiger partial charge is 0.408 e. The minimum atomic E-state index is 0.461. The van der Waals surface area contributed by atoms with Crippen LogP contribution in [0.15, 0.2) is 9.80 Å². The molecule has 0 spiro atoms. The number of rotatable bonds is 5. The van der Waals surface area contributed by atoms with Gasteiger partial charge in [-0.25, -0.2) is 4.98 Å². The molecule has 0 aromatic carbocycles. The maximum absolute atomic E-state index is 5.75. The summed E-state index contributed by atoms with van der Waals surface area (Å²) >= 11 is 1.77. The Morgan fingerprint density at radius 1 is 1.10 bits per heavy atom. The molecule has 0 saturated heterocycles. The number of nitrogens with zero attached hydrogens (tertiary/aromatic N) is 3. The number of nitrogens with one attached hydrogen (secondary N) is 1. The van der Waals surface area contributed by atoms with Crippen LogP contribution in [0, 0.1) is 0 Å². The van der Waals surface area contributed by atoms with Crippen LogP contribution in [0.25, 0.3) is 0 Å². The highest BCUT2D eigenvalue weighted by Gasteiger charge is 2.26. The molecule has 6 heteroatoms. The van der Waals surface area contributed by atoms with Crippen LogP contribution in [0.3, 0.4) is 0 Å². The predicted molar refractivity (Wildman–Crippen MR) is 81.5 cm³/mol. The van der Waals surface area contributed by atoms with Crippen molar-refractivity contribution in [2.45, 2.75) is 63.3 Å². The molecule has 0 amide bonds. The minimum absolute atomic E-state index is 0.461. The Morgan fingerprint density at radius 3 is 2.76 bits per heavy atom. The smallest absolute Gasteiger partial charge is 0.315 e. The molecule has 2 aliphatic rings. The number of hydrogen-bond donors (Lipinski definition) is 1. The summed E-state index contributed by atoms with van der Waals surface area (Å²) in [6, 6.07) is 0.525. The molecule has 1 N–H and O–H groups in total. The van der Waals surface area contributed by atoms with E-state index >= 15 is 0 Å². The molecule has 2 saturated carbocycles. The second kappa shape index (κ2) is 5.75. The average molecular weight is 304 g/mol. The van der Waals surface area contributed by atoms with Gasteiger partial charge in [0.1, 0.15) is 0 Å². The van der Waals surface area contributed by atoms with Gasteiger partial charge in [-0.1, -0.05) is 24.4 Å². The average Bonchev–Trinajstić information content (AvgIpc) is 3.09. The first kappa shape index (κ1) is 13.2. The van der Waals surface area contributed by atoms with E-state index in [0.29, 0.717) is 18.5 Å². The molecule has 4 rings (SSSR count). The Hall–Kier alpha value is -1.43. The van der Waals surface area contributed by atoms with Crippen molar-refractivity contribution in [3.63, 3.8) is 0 Å². The SMILES string of the molecule is c1sc(C2CC2)nc1CNc1nnc(C2CCCCC2)o1. The lowest BCUT2D eigenvalue weighted by Gasteiger charge is -2.17. The molecule has 112 valence electrons. The number of aromatic nitrogens is 3. The first-order valence-electron chi connectivity index (χ1n) is 7.90. The molecule has 2 aromatic heterocycles. The van der Waals surface area contributed by atoms with Crippen LogP contribution in [-0.2, 0) is 6.54 Å². The van der Waals surface area contributed by atoms with Crippen molar-refractivity contribution < 1.29 is 4.42 Å². The third-order valence-corrected chi connectivity index (χ3v) is 5.37.